The lowest BCUT2D eigenvalue weighted by Crippen LogP contribution is -2.45. The fraction of sp³-hybridized carbons (Fsp3) is 0.158. The Balaban J connectivity index is 1.75. The third-order valence-corrected chi connectivity index (χ3v) is 4.65. The molecule has 2 amide bonds. The second-order valence-corrected chi connectivity index (χ2v) is 7.10. The molecule has 0 bridgehead atoms. The molecule has 0 aliphatic carbocycles. The van der Waals surface area contributed by atoms with Gasteiger partial charge in [-0.15, -0.1) is 0 Å². The average molecular weight is 444 g/mol. The molecule has 2 N–H and O–H groups in total. The van der Waals surface area contributed by atoms with Gasteiger partial charge in [0.25, 0.3) is 11.7 Å². The van der Waals surface area contributed by atoms with Crippen LogP contribution in [0.5, 0.6) is 0 Å². The van der Waals surface area contributed by atoms with E-state index in [2.05, 4.69) is 31.9 Å². The van der Waals surface area contributed by atoms with Crippen molar-refractivity contribution in [2.24, 2.45) is 7.05 Å². The van der Waals surface area contributed by atoms with Crippen molar-refractivity contribution in [2.45, 2.75) is 13.8 Å². The first-order chi connectivity index (χ1) is 13.3. The minimum Gasteiger partial charge on any atom is -0.345 e. The van der Waals surface area contributed by atoms with E-state index in [1.54, 1.807) is 42.4 Å². The van der Waals surface area contributed by atoms with Crippen molar-refractivity contribution in [3.05, 3.63) is 69.7 Å². The Morgan fingerprint density at radius 3 is 2.36 bits per heavy atom. The number of aromatic nitrogens is 3. The maximum Gasteiger partial charge on any atom is 0.310 e. The number of aryl methyl sites for hydroxylation is 2. The lowest BCUT2D eigenvalue weighted by atomic mass is 10.1. The van der Waals surface area contributed by atoms with Gasteiger partial charge in [-0.25, -0.2) is 4.68 Å². The van der Waals surface area contributed by atoms with Gasteiger partial charge in [0.05, 0.1) is 22.6 Å². The summed E-state index contributed by atoms with van der Waals surface area (Å²) >= 11 is 3.27. The summed E-state index contributed by atoms with van der Waals surface area (Å²) < 4.78 is 3.92. The number of rotatable bonds is 4. The van der Waals surface area contributed by atoms with Gasteiger partial charge in [-0.2, -0.15) is 5.10 Å². The van der Waals surface area contributed by atoms with Crippen LogP contribution in [0.4, 0.5) is 0 Å². The summed E-state index contributed by atoms with van der Waals surface area (Å²) in [6.07, 6.45) is 1.70. The molecule has 1 aromatic carbocycles. The molecule has 0 aliphatic rings. The quantitative estimate of drug-likeness (QED) is 0.367. The number of nitrogens with one attached hydrogen (secondary N) is 2. The van der Waals surface area contributed by atoms with E-state index in [1.165, 1.54) is 0 Å². The zero-order valence-electron chi connectivity index (χ0n) is 15.5. The van der Waals surface area contributed by atoms with Gasteiger partial charge < -0.3 is 4.57 Å². The Bertz CT molecular complexity index is 1070. The molecule has 0 atom stereocenters. The third kappa shape index (κ3) is 3.74. The van der Waals surface area contributed by atoms with Gasteiger partial charge in [0, 0.05) is 17.7 Å². The normalized spacial score (nSPS) is 10.6. The fourth-order valence-corrected chi connectivity index (χ4v) is 3.41. The predicted molar refractivity (Wildman–Crippen MR) is 106 cm³/mol. The van der Waals surface area contributed by atoms with Crippen molar-refractivity contribution in [1.29, 1.82) is 0 Å². The van der Waals surface area contributed by atoms with Crippen LogP contribution in [0, 0.1) is 13.8 Å². The monoisotopic (exact) mass is 443 g/mol. The maximum absolute atomic E-state index is 12.6. The minimum atomic E-state index is -0.944. The summed E-state index contributed by atoms with van der Waals surface area (Å²) in [7, 11) is 1.69. The summed E-state index contributed by atoms with van der Waals surface area (Å²) in [5, 5.41) is 4.36. The molecule has 0 unspecified atom stereocenters. The minimum absolute atomic E-state index is 0.206. The van der Waals surface area contributed by atoms with Crippen molar-refractivity contribution in [1.82, 2.24) is 25.2 Å². The first-order valence-electron chi connectivity index (χ1n) is 8.38. The van der Waals surface area contributed by atoms with Crippen LogP contribution in [0.1, 0.15) is 32.2 Å². The average Bonchev–Trinajstić information content (AvgIpc) is 3.17. The van der Waals surface area contributed by atoms with E-state index in [0.717, 1.165) is 10.2 Å². The van der Waals surface area contributed by atoms with Crippen LogP contribution in [-0.4, -0.2) is 31.9 Å². The number of nitrogens with zero attached hydrogens (tertiary/aromatic N) is 3. The molecule has 0 fully saturated rings. The number of amides is 2. The highest BCUT2D eigenvalue weighted by Gasteiger charge is 2.25. The molecule has 9 heteroatoms. The smallest absolute Gasteiger partial charge is 0.310 e. The summed E-state index contributed by atoms with van der Waals surface area (Å²) in [5.41, 5.74) is 6.70. The number of hydrogen-bond acceptors (Lipinski definition) is 4. The second-order valence-electron chi connectivity index (χ2n) is 6.19. The second kappa shape index (κ2) is 7.81. The summed E-state index contributed by atoms with van der Waals surface area (Å²) in [4.78, 5) is 37.1. The molecular weight excluding hydrogens is 426 g/mol. The highest BCUT2D eigenvalue weighted by Crippen LogP contribution is 2.18. The molecule has 3 rings (SSSR count). The van der Waals surface area contributed by atoms with Gasteiger partial charge in [0.2, 0.25) is 0 Å². The Labute approximate surface area is 169 Å². The van der Waals surface area contributed by atoms with E-state index in [4.69, 9.17) is 0 Å². The molecule has 2 aromatic heterocycles. The summed E-state index contributed by atoms with van der Waals surface area (Å²) in [5.74, 6) is -2.26. The van der Waals surface area contributed by atoms with E-state index >= 15 is 0 Å². The highest BCUT2D eigenvalue weighted by atomic mass is 79.9. The number of halogens is 1. The standard InChI is InChI=1S/C19H18BrN5O3/c1-11-16(12(2)25(23-11)14-7-5-4-6-8-14)17(26)19(28)22-21-18(27)15-9-13(20)10-24(15)3/h4-10H,1-3H3,(H,21,27)(H,22,28). The Hall–Kier alpha value is -3.20. The zero-order chi connectivity index (χ0) is 20.4. The lowest BCUT2D eigenvalue weighted by molar-refractivity contribution is -0.117. The van der Waals surface area contributed by atoms with E-state index in [0.29, 0.717) is 17.1 Å². The molecular formula is C19H18BrN5O3. The van der Waals surface area contributed by atoms with Crippen molar-refractivity contribution in [2.75, 3.05) is 0 Å². The number of carbonyl (C=O) groups is 3. The van der Waals surface area contributed by atoms with E-state index in [1.807, 2.05) is 30.3 Å². The van der Waals surface area contributed by atoms with Crippen LogP contribution < -0.4 is 10.9 Å². The SMILES string of the molecule is Cc1nn(-c2ccccc2)c(C)c1C(=O)C(=O)NNC(=O)c1cc(Br)cn1C. The number of ketones is 1. The van der Waals surface area contributed by atoms with Gasteiger partial charge >= 0.3 is 5.91 Å². The van der Waals surface area contributed by atoms with E-state index < -0.39 is 17.6 Å². The van der Waals surface area contributed by atoms with Crippen molar-refractivity contribution in [3.63, 3.8) is 0 Å². The highest BCUT2D eigenvalue weighted by molar-refractivity contribution is 9.10. The molecule has 0 saturated carbocycles. The molecule has 0 saturated heterocycles. The zero-order valence-corrected chi connectivity index (χ0v) is 17.1. The lowest BCUT2D eigenvalue weighted by Gasteiger charge is -2.08. The summed E-state index contributed by atoms with van der Waals surface area (Å²) in [6.45, 7) is 3.38. The molecule has 144 valence electrons. The van der Waals surface area contributed by atoms with E-state index in [-0.39, 0.29) is 5.56 Å². The number of benzene rings is 1. The first-order valence-corrected chi connectivity index (χ1v) is 9.17. The van der Waals surface area contributed by atoms with Gasteiger partial charge in [-0.3, -0.25) is 25.2 Å². The largest absolute Gasteiger partial charge is 0.345 e. The Morgan fingerprint density at radius 1 is 1.07 bits per heavy atom. The van der Waals surface area contributed by atoms with Crippen LogP contribution in [0.2, 0.25) is 0 Å². The Morgan fingerprint density at radius 2 is 1.75 bits per heavy atom. The molecule has 28 heavy (non-hydrogen) atoms. The number of carbonyl (C=O) groups excluding carboxylic acids is 3. The van der Waals surface area contributed by atoms with Crippen molar-refractivity contribution in [3.8, 4) is 5.69 Å². The van der Waals surface area contributed by atoms with Crippen LogP contribution in [0.15, 0.2) is 47.1 Å². The molecule has 3 aromatic rings. The fourth-order valence-electron chi connectivity index (χ4n) is 2.89. The first kappa shape index (κ1) is 19.6. The van der Waals surface area contributed by atoms with Crippen LogP contribution in [0.25, 0.3) is 5.69 Å². The number of Topliss-reactive ketones (excluding diaryl/α,β-unsaturated/α-hetero) is 1. The van der Waals surface area contributed by atoms with Gasteiger partial charge in [0.1, 0.15) is 5.69 Å². The van der Waals surface area contributed by atoms with Crippen LogP contribution in [-0.2, 0) is 11.8 Å². The predicted octanol–water partition coefficient (Wildman–Crippen LogP) is 2.23. The van der Waals surface area contributed by atoms with Gasteiger partial charge in [0.15, 0.2) is 0 Å². The molecule has 0 aliphatic heterocycles. The topological polar surface area (TPSA) is 98.0 Å². The van der Waals surface area contributed by atoms with Crippen molar-refractivity contribution < 1.29 is 14.4 Å². The Kier molecular flexibility index (Phi) is 5.46. The van der Waals surface area contributed by atoms with Gasteiger partial charge in [-0.05, 0) is 48.0 Å². The molecule has 2 heterocycles. The van der Waals surface area contributed by atoms with Gasteiger partial charge in [-0.1, -0.05) is 18.2 Å². The van der Waals surface area contributed by atoms with Crippen LogP contribution in [0.3, 0.4) is 0 Å². The van der Waals surface area contributed by atoms with E-state index in [9.17, 15) is 14.4 Å². The van der Waals surface area contributed by atoms with Crippen molar-refractivity contribution >= 4 is 33.5 Å². The summed E-state index contributed by atoms with van der Waals surface area (Å²) in [6, 6.07) is 10.9. The van der Waals surface area contributed by atoms with Crippen LogP contribution >= 0.6 is 15.9 Å². The molecule has 0 radical (unpaired) electrons. The molecule has 0 spiro atoms. The maximum atomic E-state index is 12.6. The number of para-hydroxylation sites is 1. The molecule has 8 nitrogen and oxygen atoms in total. The third-order valence-electron chi connectivity index (χ3n) is 4.22. The number of hydrazine groups is 1. The number of hydrogen-bond donors (Lipinski definition) is 2.